The molecule has 172 valence electrons. The fraction of sp³-hybridized carbons (Fsp3) is 0.577. The topological polar surface area (TPSA) is 44.4 Å². The van der Waals surface area contributed by atoms with Crippen LogP contribution in [0.15, 0.2) is 54.7 Å². The Morgan fingerprint density at radius 2 is 1.75 bits per heavy atom. The van der Waals surface area contributed by atoms with E-state index in [9.17, 15) is 0 Å². The lowest BCUT2D eigenvalue weighted by molar-refractivity contribution is -0.0449. The smallest absolute Gasteiger partial charge is 0.158 e. The maximum Gasteiger partial charge on any atom is 0.158 e. The zero-order valence-corrected chi connectivity index (χ0v) is 19.2. The number of rotatable bonds is 8. The van der Waals surface area contributed by atoms with Crippen molar-refractivity contribution >= 4 is 5.82 Å². The Bertz CT molecular complexity index is 835. The molecule has 5 rings (SSSR count). The molecule has 2 aromatic rings. The fourth-order valence-corrected chi connectivity index (χ4v) is 5.40. The second kappa shape index (κ2) is 9.87. The third-order valence-corrected chi connectivity index (χ3v) is 7.39. The highest BCUT2D eigenvalue weighted by Crippen LogP contribution is 2.37. The largest absolute Gasteiger partial charge is 0.381 e. The van der Waals surface area contributed by atoms with Crippen molar-refractivity contribution in [2.24, 2.45) is 0 Å². The lowest BCUT2D eigenvalue weighted by atomic mass is 9.86. The van der Waals surface area contributed by atoms with Gasteiger partial charge in [-0.2, -0.15) is 0 Å². The normalized spacial score (nSPS) is 26.0. The minimum absolute atomic E-state index is 0.110. The van der Waals surface area contributed by atoms with Gasteiger partial charge in [0.1, 0.15) is 11.9 Å². The maximum absolute atomic E-state index is 6.07. The van der Waals surface area contributed by atoms with Crippen LogP contribution in [0, 0.1) is 0 Å². The number of ether oxygens (including phenoxy) is 2. The molecule has 6 heteroatoms. The first-order valence-electron chi connectivity index (χ1n) is 12.2. The molecule has 3 fully saturated rings. The van der Waals surface area contributed by atoms with E-state index in [1.165, 1.54) is 5.56 Å². The molecule has 6 nitrogen and oxygen atoms in total. The molecule has 32 heavy (non-hydrogen) atoms. The van der Waals surface area contributed by atoms with Crippen molar-refractivity contribution < 1.29 is 9.47 Å². The summed E-state index contributed by atoms with van der Waals surface area (Å²) in [4.78, 5) is 12.5. The van der Waals surface area contributed by atoms with E-state index < -0.39 is 0 Å². The molecule has 2 atom stereocenters. The van der Waals surface area contributed by atoms with Crippen molar-refractivity contribution in [1.82, 2.24) is 14.8 Å². The van der Waals surface area contributed by atoms with Crippen molar-refractivity contribution in [2.75, 3.05) is 50.8 Å². The van der Waals surface area contributed by atoms with Crippen LogP contribution in [-0.4, -0.2) is 78.6 Å². The van der Waals surface area contributed by atoms with Crippen molar-refractivity contribution in [3.8, 4) is 0 Å². The SMILES string of the molecule is CCC1OC1N(CC1(N2CCN(Cc3ccccc3)CC2)CCOCC1)c1ccccn1. The first kappa shape index (κ1) is 21.8. The molecule has 0 spiro atoms. The zero-order chi connectivity index (χ0) is 21.8. The van der Waals surface area contributed by atoms with Gasteiger partial charge in [-0.3, -0.25) is 9.80 Å². The Kier molecular flexibility index (Phi) is 6.74. The van der Waals surface area contributed by atoms with Crippen molar-refractivity contribution in [1.29, 1.82) is 0 Å². The summed E-state index contributed by atoms with van der Waals surface area (Å²) < 4.78 is 11.9. The second-order valence-corrected chi connectivity index (χ2v) is 9.37. The van der Waals surface area contributed by atoms with Gasteiger partial charge in [0.2, 0.25) is 0 Å². The predicted octanol–water partition coefficient (Wildman–Crippen LogP) is 3.39. The summed E-state index contributed by atoms with van der Waals surface area (Å²) in [5.41, 5.74) is 1.51. The Morgan fingerprint density at radius 1 is 1.00 bits per heavy atom. The number of aromatic nitrogens is 1. The monoisotopic (exact) mass is 436 g/mol. The highest BCUT2D eigenvalue weighted by Gasteiger charge is 2.48. The highest BCUT2D eigenvalue weighted by atomic mass is 16.6. The Morgan fingerprint density at radius 3 is 2.41 bits per heavy atom. The average Bonchev–Trinajstić information content (AvgIpc) is 3.65. The van der Waals surface area contributed by atoms with Crippen LogP contribution in [0.2, 0.25) is 0 Å². The highest BCUT2D eigenvalue weighted by molar-refractivity contribution is 5.41. The van der Waals surface area contributed by atoms with Gasteiger partial charge in [0.15, 0.2) is 6.23 Å². The molecule has 0 bridgehead atoms. The fourth-order valence-electron chi connectivity index (χ4n) is 5.40. The van der Waals surface area contributed by atoms with Gasteiger partial charge < -0.3 is 14.4 Å². The first-order valence-corrected chi connectivity index (χ1v) is 12.2. The molecule has 0 aliphatic carbocycles. The van der Waals surface area contributed by atoms with Gasteiger partial charge in [-0.1, -0.05) is 43.3 Å². The van der Waals surface area contributed by atoms with Crippen molar-refractivity contribution in [3.63, 3.8) is 0 Å². The molecule has 3 saturated heterocycles. The standard InChI is InChI=1S/C26H36N4O2/c1-2-23-25(32-23)30(24-10-6-7-13-27-24)21-26(11-18-31-19-12-26)29-16-14-28(15-17-29)20-22-8-4-3-5-9-22/h3-10,13,23,25H,2,11-12,14-21H2,1H3. The van der Waals surface area contributed by atoms with E-state index >= 15 is 0 Å². The molecule has 1 aromatic heterocycles. The van der Waals surface area contributed by atoms with Gasteiger partial charge in [0.05, 0.1) is 0 Å². The summed E-state index contributed by atoms with van der Waals surface area (Å²) >= 11 is 0. The molecule has 0 amide bonds. The number of anilines is 1. The van der Waals surface area contributed by atoms with Gasteiger partial charge in [0.25, 0.3) is 0 Å². The number of nitrogens with zero attached hydrogens (tertiary/aromatic N) is 4. The van der Waals surface area contributed by atoms with Crippen LogP contribution >= 0.6 is 0 Å². The summed E-state index contributed by atoms with van der Waals surface area (Å²) in [7, 11) is 0. The summed E-state index contributed by atoms with van der Waals surface area (Å²) in [5, 5.41) is 0. The minimum atomic E-state index is 0.110. The van der Waals surface area contributed by atoms with E-state index in [1.807, 2.05) is 12.3 Å². The Hall–Kier alpha value is -1.99. The third kappa shape index (κ3) is 4.84. The van der Waals surface area contributed by atoms with Crippen molar-refractivity contribution in [2.45, 2.75) is 50.6 Å². The van der Waals surface area contributed by atoms with E-state index in [2.05, 4.69) is 64.1 Å². The van der Waals surface area contributed by atoms with Gasteiger partial charge in [-0.05, 0) is 37.0 Å². The second-order valence-electron chi connectivity index (χ2n) is 9.37. The van der Waals surface area contributed by atoms with Gasteiger partial charge >= 0.3 is 0 Å². The summed E-state index contributed by atoms with van der Waals surface area (Å²) in [6, 6.07) is 17.0. The lowest BCUT2D eigenvalue weighted by Crippen LogP contribution is -2.63. The molecule has 3 aliphatic rings. The van der Waals surface area contributed by atoms with E-state index in [4.69, 9.17) is 14.5 Å². The van der Waals surface area contributed by atoms with Gasteiger partial charge in [-0.25, -0.2) is 4.98 Å². The van der Waals surface area contributed by atoms with Crippen LogP contribution < -0.4 is 4.90 Å². The molecule has 0 N–H and O–H groups in total. The molecule has 2 unspecified atom stereocenters. The number of piperazine rings is 1. The van der Waals surface area contributed by atoms with E-state index in [0.29, 0.717) is 6.10 Å². The predicted molar refractivity (Wildman–Crippen MR) is 127 cm³/mol. The third-order valence-electron chi connectivity index (χ3n) is 7.39. The number of pyridine rings is 1. The summed E-state index contributed by atoms with van der Waals surface area (Å²) in [6.45, 7) is 10.3. The number of hydrogen-bond acceptors (Lipinski definition) is 6. The summed E-state index contributed by atoms with van der Waals surface area (Å²) in [6.07, 6.45) is 5.54. The first-order chi connectivity index (χ1) is 15.8. The number of hydrogen-bond donors (Lipinski definition) is 0. The van der Waals surface area contributed by atoms with E-state index in [-0.39, 0.29) is 11.8 Å². The van der Waals surface area contributed by atoms with Crippen LogP contribution in [-0.2, 0) is 16.0 Å². The Balaban J connectivity index is 1.30. The molecular formula is C26H36N4O2. The van der Waals surface area contributed by atoms with Gasteiger partial charge in [0, 0.05) is 64.2 Å². The Labute approximate surface area is 192 Å². The average molecular weight is 437 g/mol. The van der Waals surface area contributed by atoms with Crippen molar-refractivity contribution in [3.05, 3.63) is 60.3 Å². The molecule has 4 heterocycles. The molecule has 1 aromatic carbocycles. The summed E-state index contributed by atoms with van der Waals surface area (Å²) in [5.74, 6) is 1.03. The maximum atomic E-state index is 6.07. The van der Waals surface area contributed by atoms with Crippen LogP contribution in [0.25, 0.3) is 0 Å². The number of epoxide rings is 1. The lowest BCUT2D eigenvalue weighted by Gasteiger charge is -2.51. The molecule has 0 saturated carbocycles. The van der Waals surface area contributed by atoms with Gasteiger partial charge in [-0.15, -0.1) is 0 Å². The van der Waals surface area contributed by atoms with Crippen LogP contribution in [0.1, 0.15) is 31.7 Å². The molecular weight excluding hydrogens is 400 g/mol. The quantitative estimate of drug-likeness (QED) is 0.591. The van der Waals surface area contributed by atoms with E-state index in [1.54, 1.807) is 0 Å². The minimum Gasteiger partial charge on any atom is -0.381 e. The van der Waals surface area contributed by atoms with E-state index in [0.717, 1.165) is 77.6 Å². The zero-order valence-electron chi connectivity index (χ0n) is 19.2. The molecule has 0 radical (unpaired) electrons. The van der Waals surface area contributed by atoms with Crippen LogP contribution in [0.4, 0.5) is 5.82 Å². The number of benzene rings is 1. The van der Waals surface area contributed by atoms with Crippen LogP contribution in [0.3, 0.4) is 0 Å². The molecule has 3 aliphatic heterocycles. The van der Waals surface area contributed by atoms with Crippen LogP contribution in [0.5, 0.6) is 0 Å².